The third-order valence-electron chi connectivity index (χ3n) is 2.47. The fraction of sp³-hybridized carbons (Fsp3) is 0.364. The van der Waals surface area contributed by atoms with Crippen molar-refractivity contribution in [2.45, 2.75) is 6.18 Å². The first-order valence-electron chi connectivity index (χ1n) is 5.04. The summed E-state index contributed by atoms with van der Waals surface area (Å²) in [5.41, 5.74) is -0.397. The summed E-state index contributed by atoms with van der Waals surface area (Å²) < 4.78 is 37.6. The molecule has 1 saturated heterocycles. The van der Waals surface area contributed by atoms with Crippen molar-refractivity contribution < 1.29 is 18.0 Å². The van der Waals surface area contributed by atoms with Crippen LogP contribution in [0.25, 0.3) is 0 Å². The molecule has 0 aliphatic carbocycles. The fourth-order valence-electron chi connectivity index (χ4n) is 1.64. The Morgan fingerprint density at radius 3 is 2.71 bits per heavy atom. The van der Waals surface area contributed by atoms with Crippen molar-refractivity contribution in [1.29, 1.82) is 0 Å². The summed E-state index contributed by atoms with van der Waals surface area (Å²) in [6.07, 6.45) is -4.37. The highest BCUT2D eigenvalue weighted by Crippen LogP contribution is 2.32. The molecule has 1 aliphatic rings. The van der Waals surface area contributed by atoms with E-state index in [1.54, 1.807) is 0 Å². The van der Waals surface area contributed by atoms with Crippen LogP contribution in [0, 0.1) is 0 Å². The molecule has 6 heteroatoms. The van der Waals surface area contributed by atoms with E-state index in [0.717, 1.165) is 17.9 Å². The molecule has 1 amide bonds. The van der Waals surface area contributed by atoms with Gasteiger partial charge in [-0.15, -0.1) is 0 Å². The highest BCUT2D eigenvalue weighted by molar-refractivity contribution is 8.00. The van der Waals surface area contributed by atoms with Gasteiger partial charge in [0.05, 0.1) is 11.3 Å². The van der Waals surface area contributed by atoms with Crippen LogP contribution >= 0.6 is 11.8 Å². The molecule has 0 spiro atoms. The van der Waals surface area contributed by atoms with Crippen LogP contribution in [0.4, 0.5) is 18.9 Å². The van der Waals surface area contributed by atoms with Crippen molar-refractivity contribution in [1.82, 2.24) is 0 Å². The Bertz CT molecular complexity index is 433. The van der Waals surface area contributed by atoms with Crippen LogP contribution in [0.3, 0.4) is 0 Å². The maximum absolute atomic E-state index is 12.5. The predicted molar refractivity (Wildman–Crippen MR) is 61.1 cm³/mol. The molecule has 1 aromatic carbocycles. The van der Waals surface area contributed by atoms with Crippen LogP contribution in [0.5, 0.6) is 0 Å². The number of anilines is 1. The van der Waals surface area contributed by atoms with Gasteiger partial charge < -0.3 is 4.90 Å². The number of alkyl halides is 3. The van der Waals surface area contributed by atoms with Crippen molar-refractivity contribution in [3.8, 4) is 0 Å². The first-order valence-corrected chi connectivity index (χ1v) is 6.19. The average Bonchev–Trinajstić information content (AvgIpc) is 2.29. The van der Waals surface area contributed by atoms with E-state index < -0.39 is 11.7 Å². The van der Waals surface area contributed by atoms with Crippen molar-refractivity contribution in [2.24, 2.45) is 0 Å². The maximum atomic E-state index is 12.5. The number of nitrogens with zero attached hydrogens (tertiary/aromatic N) is 1. The summed E-state index contributed by atoms with van der Waals surface area (Å²) in [4.78, 5) is 13.0. The number of amides is 1. The first kappa shape index (κ1) is 12.3. The van der Waals surface area contributed by atoms with Gasteiger partial charge in [0.1, 0.15) is 0 Å². The molecule has 0 radical (unpaired) electrons. The molecule has 0 N–H and O–H groups in total. The third-order valence-corrected chi connectivity index (χ3v) is 3.39. The molecule has 1 aliphatic heterocycles. The second kappa shape index (κ2) is 4.60. The molecule has 2 rings (SSSR count). The van der Waals surface area contributed by atoms with Crippen LogP contribution in [-0.4, -0.2) is 24.0 Å². The number of hydrogen-bond donors (Lipinski definition) is 0. The van der Waals surface area contributed by atoms with Crippen LogP contribution in [0.1, 0.15) is 5.56 Å². The Labute approximate surface area is 101 Å². The van der Waals surface area contributed by atoms with E-state index in [4.69, 9.17) is 0 Å². The van der Waals surface area contributed by atoms with E-state index in [-0.39, 0.29) is 5.91 Å². The highest BCUT2D eigenvalue weighted by Gasteiger charge is 2.31. The summed E-state index contributed by atoms with van der Waals surface area (Å²) >= 11 is 1.50. The molecule has 0 atom stereocenters. The van der Waals surface area contributed by atoms with Crippen LogP contribution < -0.4 is 4.90 Å². The molecule has 17 heavy (non-hydrogen) atoms. The molecular formula is C11H10F3NOS. The third kappa shape index (κ3) is 2.74. The Morgan fingerprint density at radius 1 is 1.29 bits per heavy atom. The number of hydrogen-bond acceptors (Lipinski definition) is 2. The van der Waals surface area contributed by atoms with Crippen LogP contribution in [0.15, 0.2) is 24.3 Å². The standard InChI is InChI=1S/C11H10F3NOS/c12-11(13,14)8-2-1-3-9(6-8)15-4-5-17-7-10(15)16/h1-3,6H,4-5,7H2. The summed E-state index contributed by atoms with van der Waals surface area (Å²) in [7, 11) is 0. The lowest BCUT2D eigenvalue weighted by molar-refractivity contribution is -0.137. The van der Waals surface area contributed by atoms with Gasteiger partial charge in [-0.2, -0.15) is 24.9 Å². The van der Waals surface area contributed by atoms with E-state index in [1.807, 2.05) is 0 Å². The highest BCUT2D eigenvalue weighted by atomic mass is 32.2. The summed E-state index contributed by atoms with van der Waals surface area (Å²) in [6, 6.07) is 4.89. The smallest absolute Gasteiger partial charge is 0.311 e. The summed E-state index contributed by atoms with van der Waals surface area (Å²) in [6.45, 7) is 0.463. The molecular weight excluding hydrogens is 251 g/mol. The molecule has 0 unspecified atom stereocenters. The predicted octanol–water partition coefficient (Wildman–Crippen LogP) is 2.79. The van der Waals surface area contributed by atoms with Gasteiger partial charge in [0.15, 0.2) is 0 Å². The van der Waals surface area contributed by atoms with Gasteiger partial charge in [0.25, 0.3) is 0 Å². The van der Waals surface area contributed by atoms with Gasteiger partial charge in [-0.25, -0.2) is 0 Å². The molecule has 0 bridgehead atoms. The van der Waals surface area contributed by atoms with E-state index in [9.17, 15) is 18.0 Å². The summed E-state index contributed by atoms with van der Waals surface area (Å²) in [5, 5.41) is 0. The monoisotopic (exact) mass is 261 g/mol. The zero-order valence-electron chi connectivity index (χ0n) is 8.83. The van der Waals surface area contributed by atoms with Crippen LogP contribution in [-0.2, 0) is 11.0 Å². The van der Waals surface area contributed by atoms with Gasteiger partial charge in [0, 0.05) is 18.0 Å². The maximum Gasteiger partial charge on any atom is 0.416 e. The largest absolute Gasteiger partial charge is 0.416 e. The molecule has 92 valence electrons. The van der Waals surface area contributed by atoms with Gasteiger partial charge in [-0.3, -0.25) is 4.79 Å². The van der Waals surface area contributed by atoms with E-state index in [2.05, 4.69) is 0 Å². The Hall–Kier alpha value is -1.17. The minimum Gasteiger partial charge on any atom is -0.311 e. The molecule has 1 aromatic rings. The second-order valence-corrected chi connectivity index (χ2v) is 4.75. The Kier molecular flexibility index (Phi) is 3.33. The Morgan fingerprint density at radius 2 is 2.06 bits per heavy atom. The normalized spacial score (nSPS) is 17.4. The lowest BCUT2D eigenvalue weighted by atomic mass is 10.2. The average molecular weight is 261 g/mol. The van der Waals surface area contributed by atoms with Crippen LogP contribution in [0.2, 0.25) is 0 Å². The van der Waals surface area contributed by atoms with Crippen molar-refractivity contribution in [2.75, 3.05) is 23.0 Å². The quantitative estimate of drug-likeness (QED) is 0.774. The molecule has 1 fully saturated rings. The van der Waals surface area contributed by atoms with Gasteiger partial charge in [-0.1, -0.05) is 6.07 Å². The number of carbonyl (C=O) groups excluding carboxylic acids is 1. The lowest BCUT2D eigenvalue weighted by Crippen LogP contribution is -2.38. The molecule has 0 aromatic heterocycles. The van der Waals surface area contributed by atoms with Gasteiger partial charge in [0.2, 0.25) is 5.91 Å². The molecule has 2 nitrogen and oxygen atoms in total. The topological polar surface area (TPSA) is 20.3 Å². The zero-order chi connectivity index (χ0) is 12.5. The van der Waals surface area contributed by atoms with Crippen molar-refractivity contribution in [3.05, 3.63) is 29.8 Å². The fourth-order valence-corrected chi connectivity index (χ4v) is 2.43. The number of rotatable bonds is 1. The number of carbonyl (C=O) groups is 1. The summed E-state index contributed by atoms with van der Waals surface area (Å²) in [5.74, 6) is 0.943. The van der Waals surface area contributed by atoms with E-state index in [1.165, 1.54) is 28.8 Å². The second-order valence-electron chi connectivity index (χ2n) is 3.65. The molecule has 1 heterocycles. The number of halogens is 3. The van der Waals surface area contributed by atoms with Gasteiger partial charge >= 0.3 is 6.18 Å². The van der Waals surface area contributed by atoms with E-state index >= 15 is 0 Å². The SMILES string of the molecule is O=C1CSCCN1c1cccc(C(F)(F)F)c1. The van der Waals surface area contributed by atoms with Gasteiger partial charge in [-0.05, 0) is 18.2 Å². The zero-order valence-corrected chi connectivity index (χ0v) is 9.64. The first-order chi connectivity index (χ1) is 7.98. The Balaban J connectivity index is 2.29. The van der Waals surface area contributed by atoms with Crippen molar-refractivity contribution in [3.63, 3.8) is 0 Å². The molecule has 0 saturated carbocycles. The lowest BCUT2D eigenvalue weighted by Gasteiger charge is -2.27. The minimum atomic E-state index is -4.37. The number of benzene rings is 1. The van der Waals surface area contributed by atoms with Crippen molar-refractivity contribution >= 4 is 23.4 Å². The minimum absolute atomic E-state index is 0.138. The van der Waals surface area contributed by atoms with E-state index in [0.29, 0.717) is 18.0 Å². The number of thioether (sulfide) groups is 1.